The van der Waals surface area contributed by atoms with E-state index in [1.807, 2.05) is 47.2 Å². The lowest BCUT2D eigenvalue weighted by molar-refractivity contribution is -0.131. The second kappa shape index (κ2) is 9.33. The van der Waals surface area contributed by atoms with Gasteiger partial charge in [0, 0.05) is 29.9 Å². The fourth-order valence-corrected chi connectivity index (χ4v) is 4.56. The average molecular weight is 438 g/mol. The third-order valence-electron chi connectivity index (χ3n) is 6.19. The number of fused-ring (bicyclic) bond motifs is 2. The maximum atomic E-state index is 11.5. The van der Waals surface area contributed by atoms with E-state index in [-0.39, 0.29) is 0 Å². The van der Waals surface area contributed by atoms with Gasteiger partial charge in [0.25, 0.3) is 0 Å². The maximum Gasteiger partial charge on any atom is 0.330 e. The Morgan fingerprint density at radius 3 is 2.79 bits per heavy atom. The van der Waals surface area contributed by atoms with Crippen LogP contribution in [0.4, 0.5) is 5.82 Å². The van der Waals surface area contributed by atoms with Gasteiger partial charge in [0.15, 0.2) is 0 Å². The number of rotatable bonds is 7. The molecule has 2 aromatic heterocycles. The SMILES string of the molecule is O=C(O)/C=C(/c1ccccc1)n1ccc2cc(CCCc3ccc4c(n3)NCCC4)ccc21. The highest BCUT2D eigenvalue weighted by atomic mass is 16.4. The summed E-state index contributed by atoms with van der Waals surface area (Å²) in [4.78, 5) is 16.3. The Morgan fingerprint density at radius 1 is 1.06 bits per heavy atom. The van der Waals surface area contributed by atoms with E-state index < -0.39 is 5.97 Å². The Kier molecular flexibility index (Phi) is 5.94. The standard InChI is InChI=1S/C28H27N3O2/c32-27(33)19-26(21-7-2-1-3-8-21)31-17-15-23-18-20(11-14-25(23)31)6-4-10-24-13-12-22-9-5-16-29-28(22)30-24/h1-3,7-8,11-15,17-19H,4-6,9-10,16H2,(H,29,30)(H,32,33)/b26-19-. The summed E-state index contributed by atoms with van der Waals surface area (Å²) in [5, 5.41) is 13.9. The maximum absolute atomic E-state index is 11.5. The van der Waals surface area contributed by atoms with E-state index in [2.05, 4.69) is 35.6 Å². The van der Waals surface area contributed by atoms with Crippen molar-refractivity contribution in [3.05, 3.63) is 101 Å². The minimum atomic E-state index is -0.960. The molecular formula is C28H27N3O2. The minimum absolute atomic E-state index is 0.651. The van der Waals surface area contributed by atoms with E-state index in [9.17, 15) is 9.90 Å². The van der Waals surface area contributed by atoms with Crippen molar-refractivity contribution in [2.24, 2.45) is 0 Å². The molecule has 5 nitrogen and oxygen atoms in total. The summed E-state index contributed by atoms with van der Waals surface area (Å²) in [6.07, 6.45) is 8.47. The monoisotopic (exact) mass is 437 g/mol. The van der Waals surface area contributed by atoms with Gasteiger partial charge in [-0.2, -0.15) is 0 Å². The van der Waals surface area contributed by atoms with Gasteiger partial charge in [-0.15, -0.1) is 0 Å². The summed E-state index contributed by atoms with van der Waals surface area (Å²) >= 11 is 0. The number of carboxylic acid groups (broad SMARTS) is 1. The predicted molar refractivity (Wildman–Crippen MR) is 132 cm³/mol. The Balaban J connectivity index is 1.32. The van der Waals surface area contributed by atoms with Crippen LogP contribution in [0.5, 0.6) is 0 Å². The Bertz CT molecular complexity index is 1320. The molecule has 33 heavy (non-hydrogen) atoms. The van der Waals surface area contributed by atoms with Crippen LogP contribution in [0.3, 0.4) is 0 Å². The fourth-order valence-electron chi connectivity index (χ4n) is 4.56. The van der Waals surface area contributed by atoms with Crippen molar-refractivity contribution in [3.8, 4) is 0 Å². The molecule has 0 fully saturated rings. The van der Waals surface area contributed by atoms with Crippen LogP contribution in [0.2, 0.25) is 0 Å². The third kappa shape index (κ3) is 4.67. The number of nitrogens with zero attached hydrogens (tertiary/aromatic N) is 2. The molecule has 1 aliphatic rings. The lowest BCUT2D eigenvalue weighted by atomic mass is 10.0. The zero-order valence-electron chi connectivity index (χ0n) is 18.5. The number of aryl methyl sites for hydroxylation is 3. The summed E-state index contributed by atoms with van der Waals surface area (Å²) in [6.45, 7) is 1.01. The summed E-state index contributed by atoms with van der Waals surface area (Å²) < 4.78 is 1.95. The van der Waals surface area contributed by atoms with Crippen molar-refractivity contribution < 1.29 is 9.90 Å². The fraction of sp³-hybridized carbons (Fsp3) is 0.214. The van der Waals surface area contributed by atoms with E-state index in [1.54, 1.807) is 0 Å². The molecule has 166 valence electrons. The summed E-state index contributed by atoms with van der Waals surface area (Å²) in [5.74, 6) is 0.100. The van der Waals surface area contributed by atoms with Crippen molar-refractivity contribution in [2.45, 2.75) is 32.1 Å². The van der Waals surface area contributed by atoms with E-state index in [4.69, 9.17) is 4.98 Å². The molecule has 0 bridgehead atoms. The molecule has 0 saturated carbocycles. The van der Waals surface area contributed by atoms with Gasteiger partial charge >= 0.3 is 5.97 Å². The first-order valence-corrected chi connectivity index (χ1v) is 11.5. The van der Waals surface area contributed by atoms with Gasteiger partial charge in [-0.3, -0.25) is 0 Å². The first-order valence-electron chi connectivity index (χ1n) is 11.5. The molecular weight excluding hydrogens is 410 g/mol. The van der Waals surface area contributed by atoms with Crippen molar-refractivity contribution >= 4 is 28.4 Å². The normalized spacial score (nSPS) is 13.5. The lowest BCUT2D eigenvalue weighted by Crippen LogP contribution is -2.14. The molecule has 0 saturated heterocycles. The van der Waals surface area contributed by atoms with Crippen LogP contribution in [0, 0.1) is 0 Å². The van der Waals surface area contributed by atoms with Gasteiger partial charge in [0.1, 0.15) is 5.82 Å². The predicted octanol–water partition coefficient (Wildman–Crippen LogP) is 5.54. The number of pyridine rings is 1. The first kappa shape index (κ1) is 21.0. The highest BCUT2D eigenvalue weighted by Gasteiger charge is 2.12. The number of hydrogen-bond donors (Lipinski definition) is 2. The van der Waals surface area contributed by atoms with E-state index in [0.29, 0.717) is 5.70 Å². The topological polar surface area (TPSA) is 67.1 Å². The highest BCUT2D eigenvalue weighted by molar-refractivity contribution is 5.94. The molecule has 0 spiro atoms. The van der Waals surface area contributed by atoms with E-state index in [0.717, 1.165) is 60.2 Å². The van der Waals surface area contributed by atoms with Crippen LogP contribution < -0.4 is 5.32 Å². The van der Waals surface area contributed by atoms with Crippen molar-refractivity contribution in [2.75, 3.05) is 11.9 Å². The molecule has 2 aromatic carbocycles. The molecule has 2 N–H and O–H groups in total. The Labute approximate surface area is 193 Å². The van der Waals surface area contributed by atoms with Crippen molar-refractivity contribution in [1.29, 1.82) is 0 Å². The number of carbonyl (C=O) groups is 1. The summed E-state index contributed by atoms with van der Waals surface area (Å²) in [7, 11) is 0. The molecule has 0 atom stereocenters. The molecule has 0 amide bonds. The molecule has 3 heterocycles. The number of aromatic nitrogens is 2. The van der Waals surface area contributed by atoms with Crippen molar-refractivity contribution in [3.63, 3.8) is 0 Å². The number of nitrogens with one attached hydrogen (secondary N) is 1. The highest BCUT2D eigenvalue weighted by Crippen LogP contribution is 2.26. The number of aliphatic carboxylic acids is 1. The lowest BCUT2D eigenvalue weighted by Gasteiger charge is -2.17. The smallest absolute Gasteiger partial charge is 0.330 e. The quantitative estimate of drug-likeness (QED) is 0.372. The van der Waals surface area contributed by atoms with Crippen LogP contribution >= 0.6 is 0 Å². The van der Waals surface area contributed by atoms with Gasteiger partial charge in [-0.05, 0) is 73.1 Å². The zero-order valence-corrected chi connectivity index (χ0v) is 18.5. The van der Waals surface area contributed by atoms with E-state index >= 15 is 0 Å². The molecule has 0 radical (unpaired) electrons. The average Bonchev–Trinajstić information content (AvgIpc) is 3.26. The van der Waals surface area contributed by atoms with Crippen LogP contribution in [-0.4, -0.2) is 27.2 Å². The van der Waals surface area contributed by atoms with Gasteiger partial charge in [-0.1, -0.05) is 42.5 Å². The molecule has 0 unspecified atom stereocenters. The van der Waals surface area contributed by atoms with Crippen LogP contribution in [0.1, 0.15) is 35.2 Å². The minimum Gasteiger partial charge on any atom is -0.478 e. The summed E-state index contributed by atoms with van der Waals surface area (Å²) in [5.41, 5.74) is 6.26. The molecule has 4 aromatic rings. The van der Waals surface area contributed by atoms with Gasteiger partial charge < -0.3 is 15.0 Å². The number of hydrogen-bond acceptors (Lipinski definition) is 3. The van der Waals surface area contributed by atoms with Gasteiger partial charge in [0.05, 0.1) is 11.2 Å². The number of anilines is 1. The van der Waals surface area contributed by atoms with Crippen LogP contribution in [0.15, 0.2) is 79.0 Å². The summed E-state index contributed by atoms with van der Waals surface area (Å²) in [6, 6.07) is 22.5. The van der Waals surface area contributed by atoms with Gasteiger partial charge in [0.2, 0.25) is 0 Å². The number of benzene rings is 2. The van der Waals surface area contributed by atoms with Crippen molar-refractivity contribution in [1.82, 2.24) is 9.55 Å². The Hall–Kier alpha value is -3.86. The molecule has 1 aliphatic heterocycles. The number of carboxylic acids is 1. The molecule has 0 aliphatic carbocycles. The zero-order chi connectivity index (χ0) is 22.6. The van der Waals surface area contributed by atoms with Crippen LogP contribution in [0.25, 0.3) is 16.6 Å². The van der Waals surface area contributed by atoms with Gasteiger partial charge in [-0.25, -0.2) is 9.78 Å². The Morgan fingerprint density at radius 2 is 1.94 bits per heavy atom. The second-order valence-electron chi connectivity index (χ2n) is 8.51. The first-order chi connectivity index (χ1) is 16.2. The molecule has 5 heteroatoms. The van der Waals surface area contributed by atoms with E-state index in [1.165, 1.54) is 23.6 Å². The second-order valence-corrected chi connectivity index (χ2v) is 8.51. The van der Waals surface area contributed by atoms with Crippen LogP contribution in [-0.2, 0) is 24.1 Å². The molecule has 5 rings (SSSR count). The third-order valence-corrected chi connectivity index (χ3v) is 6.19. The largest absolute Gasteiger partial charge is 0.478 e.